The molecule has 1 unspecified atom stereocenters. The molecule has 0 spiro atoms. The van der Waals surface area contributed by atoms with Crippen molar-refractivity contribution in [1.82, 2.24) is 10.2 Å². The fraction of sp³-hybridized carbons (Fsp3) is 0.650. The average Bonchev–Trinajstić information content (AvgIpc) is 3.31. The maximum Gasteiger partial charge on any atom is 0.234 e. The summed E-state index contributed by atoms with van der Waals surface area (Å²) >= 11 is 0. The number of hydrogen-bond acceptors (Lipinski definition) is 4. The number of nitrogens with one attached hydrogen (secondary N) is 1. The zero-order valence-corrected chi connectivity index (χ0v) is 15.4. The van der Waals surface area contributed by atoms with Crippen LogP contribution in [-0.2, 0) is 9.53 Å². The zero-order valence-electron chi connectivity index (χ0n) is 15.4. The second kappa shape index (κ2) is 8.68. The monoisotopic (exact) mass is 346 g/mol. The Bertz CT molecular complexity index is 560. The maximum absolute atomic E-state index is 12.3. The van der Waals surface area contributed by atoms with Crippen LogP contribution in [0.25, 0.3) is 0 Å². The van der Waals surface area contributed by atoms with Crippen LogP contribution in [0.5, 0.6) is 5.75 Å². The number of amides is 1. The van der Waals surface area contributed by atoms with Crippen LogP contribution < -0.4 is 10.1 Å². The quantitative estimate of drug-likeness (QED) is 0.697. The molecule has 1 heterocycles. The number of para-hydroxylation sites is 1. The molecule has 1 aliphatic carbocycles. The molecule has 1 atom stereocenters. The Labute approximate surface area is 150 Å². The van der Waals surface area contributed by atoms with Gasteiger partial charge in [0.15, 0.2) is 0 Å². The molecule has 138 valence electrons. The van der Waals surface area contributed by atoms with Crippen molar-refractivity contribution in [3.05, 3.63) is 29.3 Å². The molecule has 25 heavy (non-hydrogen) atoms. The van der Waals surface area contributed by atoms with Crippen molar-refractivity contribution >= 4 is 5.91 Å². The molecular formula is C20H30N2O3. The first kappa shape index (κ1) is 18.2. The third-order valence-corrected chi connectivity index (χ3v) is 5.01. The Morgan fingerprint density at radius 2 is 2.04 bits per heavy atom. The van der Waals surface area contributed by atoms with Crippen LogP contribution in [0, 0.1) is 19.8 Å². The van der Waals surface area contributed by atoms with E-state index in [1.165, 1.54) is 12.8 Å². The van der Waals surface area contributed by atoms with Gasteiger partial charge in [-0.1, -0.05) is 18.2 Å². The molecule has 1 aromatic carbocycles. The summed E-state index contributed by atoms with van der Waals surface area (Å²) in [5.74, 6) is 1.61. The standard InChI is InChI=1S/C20H30N2O3/c1-15-4-3-5-16(2)20(15)25-11-9-21-19(23)13-22(18-6-7-18)12-17-8-10-24-14-17/h3-5,17-18H,6-14H2,1-2H3,(H,21,23). The van der Waals surface area contributed by atoms with Gasteiger partial charge in [-0.3, -0.25) is 9.69 Å². The smallest absolute Gasteiger partial charge is 0.234 e. The van der Waals surface area contributed by atoms with Crippen molar-refractivity contribution in [3.8, 4) is 5.75 Å². The van der Waals surface area contributed by atoms with Gasteiger partial charge in [-0.15, -0.1) is 0 Å². The van der Waals surface area contributed by atoms with E-state index in [0.717, 1.165) is 43.1 Å². The highest BCUT2D eigenvalue weighted by Crippen LogP contribution is 2.28. The minimum Gasteiger partial charge on any atom is -0.491 e. The fourth-order valence-electron chi connectivity index (χ4n) is 3.45. The van der Waals surface area contributed by atoms with Gasteiger partial charge >= 0.3 is 0 Å². The lowest BCUT2D eigenvalue weighted by Crippen LogP contribution is -2.42. The van der Waals surface area contributed by atoms with E-state index < -0.39 is 0 Å². The highest BCUT2D eigenvalue weighted by atomic mass is 16.5. The maximum atomic E-state index is 12.3. The second-order valence-electron chi connectivity index (χ2n) is 7.31. The zero-order chi connectivity index (χ0) is 17.6. The van der Waals surface area contributed by atoms with E-state index in [-0.39, 0.29) is 5.91 Å². The summed E-state index contributed by atoms with van der Waals surface area (Å²) in [7, 11) is 0. The van der Waals surface area contributed by atoms with Crippen molar-refractivity contribution in [2.24, 2.45) is 5.92 Å². The molecule has 1 N–H and O–H groups in total. The normalized spacial score (nSPS) is 20.0. The lowest BCUT2D eigenvalue weighted by molar-refractivity contribution is -0.122. The SMILES string of the molecule is Cc1cccc(C)c1OCCNC(=O)CN(CC1CCOC1)C1CC1. The minimum atomic E-state index is 0.0934. The van der Waals surface area contributed by atoms with E-state index in [2.05, 4.69) is 10.2 Å². The van der Waals surface area contributed by atoms with Gasteiger partial charge in [0, 0.05) is 19.2 Å². The van der Waals surface area contributed by atoms with Crippen molar-refractivity contribution < 1.29 is 14.3 Å². The molecule has 1 aromatic rings. The van der Waals surface area contributed by atoms with Gasteiger partial charge in [-0.25, -0.2) is 0 Å². The predicted molar refractivity (Wildman–Crippen MR) is 97.9 cm³/mol. The Morgan fingerprint density at radius 3 is 2.68 bits per heavy atom. The van der Waals surface area contributed by atoms with Crippen LogP contribution in [0.4, 0.5) is 0 Å². The number of benzene rings is 1. The lowest BCUT2D eigenvalue weighted by Gasteiger charge is -2.24. The molecule has 1 saturated carbocycles. The van der Waals surface area contributed by atoms with Crippen molar-refractivity contribution in [2.75, 3.05) is 39.5 Å². The number of rotatable bonds is 9. The third kappa shape index (κ3) is 5.44. The minimum absolute atomic E-state index is 0.0934. The average molecular weight is 346 g/mol. The molecule has 0 radical (unpaired) electrons. The van der Waals surface area contributed by atoms with E-state index in [0.29, 0.717) is 31.7 Å². The Balaban J connectivity index is 1.38. The number of nitrogens with zero attached hydrogens (tertiary/aromatic N) is 1. The predicted octanol–water partition coefficient (Wildman–Crippen LogP) is 2.30. The van der Waals surface area contributed by atoms with Gasteiger partial charge in [0.1, 0.15) is 12.4 Å². The summed E-state index contributed by atoms with van der Waals surface area (Å²) in [6.07, 6.45) is 3.56. The summed E-state index contributed by atoms with van der Waals surface area (Å²) in [6, 6.07) is 6.71. The molecule has 0 aromatic heterocycles. The topological polar surface area (TPSA) is 50.8 Å². The van der Waals surface area contributed by atoms with Crippen molar-refractivity contribution in [1.29, 1.82) is 0 Å². The first-order valence-corrected chi connectivity index (χ1v) is 9.41. The van der Waals surface area contributed by atoms with E-state index in [9.17, 15) is 4.79 Å². The Morgan fingerprint density at radius 1 is 1.28 bits per heavy atom. The number of hydrogen-bond donors (Lipinski definition) is 1. The van der Waals surface area contributed by atoms with Crippen LogP contribution in [-0.4, -0.2) is 56.3 Å². The number of carbonyl (C=O) groups excluding carboxylic acids is 1. The first-order valence-electron chi connectivity index (χ1n) is 9.41. The molecule has 2 aliphatic rings. The van der Waals surface area contributed by atoms with E-state index in [1.807, 2.05) is 32.0 Å². The molecule has 5 nitrogen and oxygen atoms in total. The largest absolute Gasteiger partial charge is 0.491 e. The molecule has 3 rings (SSSR count). The fourth-order valence-corrected chi connectivity index (χ4v) is 3.45. The Kier molecular flexibility index (Phi) is 6.32. The number of aryl methyl sites for hydroxylation is 2. The third-order valence-electron chi connectivity index (χ3n) is 5.01. The van der Waals surface area contributed by atoms with E-state index >= 15 is 0 Å². The van der Waals surface area contributed by atoms with Gasteiger partial charge in [0.2, 0.25) is 5.91 Å². The first-order chi connectivity index (χ1) is 12.1. The van der Waals surface area contributed by atoms with Crippen LogP contribution in [0.1, 0.15) is 30.4 Å². The molecule has 1 aliphatic heterocycles. The summed E-state index contributed by atoms with van der Waals surface area (Å²) in [5, 5.41) is 2.99. The van der Waals surface area contributed by atoms with Crippen LogP contribution in [0.2, 0.25) is 0 Å². The summed E-state index contributed by atoms with van der Waals surface area (Å²) < 4.78 is 11.3. The number of ether oxygens (including phenoxy) is 2. The molecule has 2 fully saturated rings. The van der Waals surface area contributed by atoms with Crippen LogP contribution in [0.15, 0.2) is 18.2 Å². The van der Waals surface area contributed by atoms with Crippen LogP contribution in [0.3, 0.4) is 0 Å². The Hall–Kier alpha value is -1.59. The van der Waals surface area contributed by atoms with Gasteiger partial charge in [-0.05, 0) is 50.2 Å². The molecule has 1 amide bonds. The van der Waals surface area contributed by atoms with E-state index in [4.69, 9.17) is 9.47 Å². The highest BCUT2D eigenvalue weighted by Gasteiger charge is 2.32. The second-order valence-corrected chi connectivity index (χ2v) is 7.31. The van der Waals surface area contributed by atoms with Crippen LogP contribution >= 0.6 is 0 Å². The van der Waals surface area contributed by atoms with Gasteiger partial charge in [0.05, 0.1) is 19.7 Å². The summed E-state index contributed by atoms with van der Waals surface area (Å²) in [5.41, 5.74) is 2.26. The van der Waals surface area contributed by atoms with Gasteiger partial charge in [-0.2, -0.15) is 0 Å². The highest BCUT2D eigenvalue weighted by molar-refractivity contribution is 5.78. The molecule has 1 saturated heterocycles. The summed E-state index contributed by atoms with van der Waals surface area (Å²) in [6.45, 7) is 8.30. The van der Waals surface area contributed by atoms with Crippen molar-refractivity contribution in [2.45, 2.75) is 39.2 Å². The summed E-state index contributed by atoms with van der Waals surface area (Å²) in [4.78, 5) is 14.6. The molecule has 0 bridgehead atoms. The van der Waals surface area contributed by atoms with Crippen molar-refractivity contribution in [3.63, 3.8) is 0 Å². The number of carbonyl (C=O) groups is 1. The van der Waals surface area contributed by atoms with Gasteiger partial charge in [0.25, 0.3) is 0 Å². The molecule has 5 heteroatoms. The molecular weight excluding hydrogens is 316 g/mol. The lowest BCUT2D eigenvalue weighted by atomic mass is 10.1. The van der Waals surface area contributed by atoms with E-state index in [1.54, 1.807) is 0 Å². The van der Waals surface area contributed by atoms with Gasteiger partial charge < -0.3 is 14.8 Å².